The molecule has 0 radical (unpaired) electrons. The largest absolute Gasteiger partial charge is 0.320 e. The molecule has 2 rings (SSSR count). The predicted octanol–water partition coefficient (Wildman–Crippen LogP) is 1.90. The zero-order valence-electron chi connectivity index (χ0n) is 11.6. The first kappa shape index (κ1) is 16.2. The fraction of sp³-hybridized carbons (Fsp3) is 0.308. The van der Waals surface area contributed by atoms with Gasteiger partial charge in [0.1, 0.15) is 4.90 Å². The summed E-state index contributed by atoms with van der Waals surface area (Å²) in [6.07, 6.45) is 3.81. The van der Waals surface area contributed by atoms with E-state index in [0.717, 1.165) is 16.5 Å². The van der Waals surface area contributed by atoms with Crippen LogP contribution in [0, 0.1) is 3.57 Å². The van der Waals surface area contributed by atoms with Gasteiger partial charge in [0.15, 0.2) is 0 Å². The summed E-state index contributed by atoms with van der Waals surface area (Å²) in [4.78, 5) is 0.173. The molecule has 0 aliphatic carbocycles. The molecule has 6 nitrogen and oxygen atoms in total. The Morgan fingerprint density at radius 3 is 2.81 bits per heavy atom. The number of para-hydroxylation sites is 1. The third-order valence-corrected chi connectivity index (χ3v) is 5.11. The number of halogens is 1. The minimum Gasteiger partial charge on any atom is -0.320 e. The number of aromatic nitrogens is 2. The topological polar surface area (TPSA) is 76.0 Å². The number of anilines is 1. The van der Waals surface area contributed by atoms with Crippen molar-refractivity contribution in [1.29, 1.82) is 0 Å². The van der Waals surface area contributed by atoms with Crippen LogP contribution in [0.15, 0.2) is 41.6 Å². The number of hydrogen-bond donors (Lipinski definition) is 2. The number of nitrogens with one attached hydrogen (secondary N) is 2. The van der Waals surface area contributed by atoms with Crippen LogP contribution < -0.4 is 10.0 Å². The van der Waals surface area contributed by atoms with Gasteiger partial charge in [-0.2, -0.15) is 5.10 Å². The molecule has 0 saturated carbocycles. The average molecular weight is 420 g/mol. The number of sulfonamides is 1. The van der Waals surface area contributed by atoms with E-state index in [1.165, 1.54) is 6.20 Å². The van der Waals surface area contributed by atoms with E-state index in [2.05, 4.69) is 37.7 Å². The molecule has 0 saturated heterocycles. The highest BCUT2D eigenvalue weighted by Gasteiger charge is 2.17. The van der Waals surface area contributed by atoms with E-state index >= 15 is 0 Å². The van der Waals surface area contributed by atoms with Crippen LogP contribution in [0.2, 0.25) is 0 Å². The molecular formula is C13H17IN4O2S. The standard InChI is InChI=1S/C13H17IN4O2S/c1-15-7-4-8-18-10-11(9-16-18)21(19,20)17-13-6-3-2-5-12(13)14/h2-3,5-6,9-10,15,17H,4,7-8H2,1H3. The van der Waals surface area contributed by atoms with Gasteiger partial charge in [-0.25, -0.2) is 8.42 Å². The first-order valence-corrected chi connectivity index (χ1v) is 9.03. The summed E-state index contributed by atoms with van der Waals surface area (Å²) in [5.74, 6) is 0. The maximum Gasteiger partial charge on any atom is 0.265 e. The second-order valence-corrected chi connectivity index (χ2v) is 7.33. The van der Waals surface area contributed by atoms with Gasteiger partial charge in [-0.15, -0.1) is 0 Å². The number of rotatable bonds is 7. The summed E-state index contributed by atoms with van der Waals surface area (Å²) in [6, 6.07) is 7.23. The van der Waals surface area contributed by atoms with E-state index in [-0.39, 0.29) is 4.90 Å². The molecule has 0 atom stereocenters. The van der Waals surface area contributed by atoms with E-state index < -0.39 is 10.0 Å². The number of aryl methyl sites for hydroxylation is 1. The molecular weight excluding hydrogens is 403 g/mol. The van der Waals surface area contributed by atoms with Crippen LogP contribution in [-0.2, 0) is 16.6 Å². The zero-order valence-corrected chi connectivity index (χ0v) is 14.6. The van der Waals surface area contributed by atoms with Gasteiger partial charge < -0.3 is 5.32 Å². The second-order valence-electron chi connectivity index (χ2n) is 4.48. The van der Waals surface area contributed by atoms with Gasteiger partial charge in [-0.1, -0.05) is 12.1 Å². The van der Waals surface area contributed by atoms with Gasteiger partial charge in [0.2, 0.25) is 0 Å². The van der Waals surface area contributed by atoms with Gasteiger partial charge in [0.05, 0.1) is 11.9 Å². The molecule has 1 aromatic carbocycles. The maximum atomic E-state index is 12.3. The first-order valence-electron chi connectivity index (χ1n) is 6.47. The van der Waals surface area contributed by atoms with E-state index in [1.807, 2.05) is 19.2 Å². The van der Waals surface area contributed by atoms with Crippen molar-refractivity contribution >= 4 is 38.3 Å². The highest BCUT2D eigenvalue weighted by atomic mass is 127. The quantitative estimate of drug-likeness (QED) is 0.530. The summed E-state index contributed by atoms with van der Waals surface area (Å²) < 4.78 is 29.7. The summed E-state index contributed by atoms with van der Waals surface area (Å²) in [5.41, 5.74) is 0.570. The molecule has 0 aliphatic heterocycles. The molecule has 0 spiro atoms. The molecule has 21 heavy (non-hydrogen) atoms. The minimum absolute atomic E-state index is 0.173. The molecule has 1 aromatic heterocycles. The summed E-state index contributed by atoms with van der Waals surface area (Å²) in [7, 11) is -1.72. The molecule has 0 aliphatic rings. The lowest BCUT2D eigenvalue weighted by atomic mass is 10.3. The Morgan fingerprint density at radius 2 is 2.10 bits per heavy atom. The van der Waals surface area contributed by atoms with Gasteiger partial charge in [-0.3, -0.25) is 9.40 Å². The lowest BCUT2D eigenvalue weighted by Gasteiger charge is -2.07. The minimum atomic E-state index is -3.60. The Labute approximate surface area is 138 Å². The van der Waals surface area contributed by atoms with Crippen LogP contribution in [0.5, 0.6) is 0 Å². The van der Waals surface area contributed by atoms with Crippen molar-refractivity contribution in [2.75, 3.05) is 18.3 Å². The van der Waals surface area contributed by atoms with Crippen molar-refractivity contribution in [2.45, 2.75) is 17.9 Å². The second kappa shape index (κ2) is 7.23. The van der Waals surface area contributed by atoms with Crippen LogP contribution in [0.3, 0.4) is 0 Å². The number of hydrogen-bond acceptors (Lipinski definition) is 4. The van der Waals surface area contributed by atoms with Crippen LogP contribution in [0.25, 0.3) is 0 Å². The van der Waals surface area contributed by atoms with Crippen molar-refractivity contribution in [3.8, 4) is 0 Å². The van der Waals surface area contributed by atoms with Crippen molar-refractivity contribution < 1.29 is 8.42 Å². The molecule has 0 bridgehead atoms. The SMILES string of the molecule is CNCCCn1cc(S(=O)(=O)Nc2ccccc2I)cn1. The smallest absolute Gasteiger partial charge is 0.265 e. The Hall–Kier alpha value is -1.13. The fourth-order valence-corrected chi connectivity index (χ4v) is 3.51. The van der Waals surface area contributed by atoms with E-state index in [1.54, 1.807) is 23.0 Å². The maximum absolute atomic E-state index is 12.3. The molecule has 0 fully saturated rings. The highest BCUT2D eigenvalue weighted by Crippen LogP contribution is 2.21. The molecule has 114 valence electrons. The van der Waals surface area contributed by atoms with E-state index in [4.69, 9.17) is 0 Å². The Bertz CT molecular complexity index is 700. The van der Waals surface area contributed by atoms with Gasteiger partial charge >= 0.3 is 0 Å². The van der Waals surface area contributed by atoms with Crippen molar-refractivity contribution in [3.63, 3.8) is 0 Å². The van der Waals surface area contributed by atoms with Crippen LogP contribution in [-0.4, -0.2) is 31.8 Å². The lowest BCUT2D eigenvalue weighted by Crippen LogP contribution is -2.13. The van der Waals surface area contributed by atoms with E-state index in [9.17, 15) is 8.42 Å². The third-order valence-electron chi connectivity index (χ3n) is 2.85. The summed E-state index contributed by atoms with van der Waals surface area (Å²) in [5, 5.41) is 7.13. The number of nitrogens with zero attached hydrogens (tertiary/aromatic N) is 2. The van der Waals surface area contributed by atoms with Crippen molar-refractivity contribution in [2.24, 2.45) is 0 Å². The first-order chi connectivity index (χ1) is 10.0. The lowest BCUT2D eigenvalue weighted by molar-refractivity contribution is 0.561. The van der Waals surface area contributed by atoms with Crippen LogP contribution in [0.4, 0.5) is 5.69 Å². The average Bonchev–Trinajstić information content (AvgIpc) is 2.91. The van der Waals surface area contributed by atoms with E-state index in [0.29, 0.717) is 12.2 Å². The normalized spacial score (nSPS) is 11.5. The summed E-state index contributed by atoms with van der Waals surface area (Å²) in [6.45, 7) is 1.54. The third kappa shape index (κ3) is 4.42. The van der Waals surface area contributed by atoms with Gasteiger partial charge in [-0.05, 0) is 54.7 Å². The Morgan fingerprint density at radius 1 is 1.33 bits per heavy atom. The monoisotopic (exact) mass is 420 g/mol. The van der Waals surface area contributed by atoms with Crippen LogP contribution >= 0.6 is 22.6 Å². The molecule has 0 amide bonds. The van der Waals surface area contributed by atoms with Crippen molar-refractivity contribution in [1.82, 2.24) is 15.1 Å². The highest BCUT2D eigenvalue weighted by molar-refractivity contribution is 14.1. The van der Waals surface area contributed by atoms with Crippen LogP contribution in [0.1, 0.15) is 6.42 Å². The fourth-order valence-electron chi connectivity index (χ4n) is 1.77. The molecule has 2 N–H and O–H groups in total. The van der Waals surface area contributed by atoms with Gasteiger partial charge in [0, 0.05) is 16.3 Å². The van der Waals surface area contributed by atoms with Gasteiger partial charge in [0.25, 0.3) is 10.0 Å². The molecule has 0 unspecified atom stereocenters. The molecule has 1 heterocycles. The Balaban J connectivity index is 2.11. The number of benzene rings is 1. The molecule has 8 heteroatoms. The molecule has 2 aromatic rings. The Kier molecular flexibility index (Phi) is 5.59. The predicted molar refractivity (Wildman–Crippen MR) is 90.7 cm³/mol. The van der Waals surface area contributed by atoms with Crippen molar-refractivity contribution in [3.05, 3.63) is 40.2 Å². The summed E-state index contributed by atoms with van der Waals surface area (Å²) >= 11 is 2.09. The zero-order chi connectivity index (χ0) is 15.3.